The van der Waals surface area contributed by atoms with Crippen molar-refractivity contribution in [3.05, 3.63) is 106 Å². The zero-order chi connectivity index (χ0) is 23.1. The molecule has 0 N–H and O–H groups in total. The summed E-state index contributed by atoms with van der Waals surface area (Å²) in [5.41, 5.74) is 18.0. The summed E-state index contributed by atoms with van der Waals surface area (Å²) in [6.07, 6.45) is 10.1. The zero-order valence-electron chi connectivity index (χ0n) is 20.6. The molecular formula is C34H34. The normalized spacial score (nSPS) is 15.0. The number of rotatable bonds is 3. The van der Waals surface area contributed by atoms with Crippen molar-refractivity contribution in [1.82, 2.24) is 0 Å². The molecule has 0 aromatic heterocycles. The first kappa shape index (κ1) is 21.4. The van der Waals surface area contributed by atoms with Crippen LogP contribution in [0.1, 0.15) is 59.1 Å². The summed E-state index contributed by atoms with van der Waals surface area (Å²) in [6.45, 7) is 4.77. The highest BCUT2D eigenvalue weighted by Crippen LogP contribution is 2.46. The molecule has 0 heterocycles. The van der Waals surface area contributed by atoms with Gasteiger partial charge in [0.15, 0.2) is 0 Å². The van der Waals surface area contributed by atoms with Crippen molar-refractivity contribution in [2.75, 3.05) is 0 Å². The summed E-state index contributed by atoms with van der Waals surface area (Å²) < 4.78 is 0. The molecule has 0 nitrogen and oxygen atoms in total. The fraction of sp³-hybridized carbons (Fsp3) is 0.294. The van der Waals surface area contributed by atoms with Gasteiger partial charge in [0.1, 0.15) is 0 Å². The Balaban J connectivity index is 1.69. The second kappa shape index (κ2) is 8.91. The number of benzene rings is 4. The van der Waals surface area contributed by atoms with Gasteiger partial charge in [-0.1, -0.05) is 72.8 Å². The van der Waals surface area contributed by atoms with E-state index in [1.165, 1.54) is 84.7 Å². The minimum Gasteiger partial charge on any atom is -0.0622 e. The second-order valence-corrected chi connectivity index (χ2v) is 10.3. The zero-order valence-corrected chi connectivity index (χ0v) is 20.6. The molecule has 0 heteroatoms. The lowest BCUT2D eigenvalue weighted by Gasteiger charge is -2.30. The smallest absolute Gasteiger partial charge is 0.0108 e. The molecule has 0 unspecified atom stereocenters. The average Bonchev–Trinajstić information content (AvgIpc) is 2.90. The van der Waals surface area contributed by atoms with Gasteiger partial charge in [0, 0.05) is 0 Å². The van der Waals surface area contributed by atoms with E-state index >= 15 is 0 Å². The van der Waals surface area contributed by atoms with Crippen LogP contribution in [0.3, 0.4) is 0 Å². The van der Waals surface area contributed by atoms with Crippen LogP contribution in [0.15, 0.2) is 72.8 Å². The Kier molecular flexibility index (Phi) is 5.61. The van der Waals surface area contributed by atoms with Gasteiger partial charge in [-0.25, -0.2) is 0 Å². The maximum absolute atomic E-state index is 2.52. The highest BCUT2D eigenvalue weighted by Gasteiger charge is 2.26. The Morgan fingerprint density at radius 3 is 1.26 bits per heavy atom. The Labute approximate surface area is 204 Å². The van der Waals surface area contributed by atoms with Gasteiger partial charge in [0.25, 0.3) is 0 Å². The number of hydrogen-bond donors (Lipinski definition) is 0. The van der Waals surface area contributed by atoms with Crippen LogP contribution < -0.4 is 0 Å². The van der Waals surface area contributed by atoms with Gasteiger partial charge in [-0.3, -0.25) is 0 Å². The number of aryl methyl sites for hydroxylation is 2. The van der Waals surface area contributed by atoms with Crippen LogP contribution in [0, 0.1) is 13.8 Å². The van der Waals surface area contributed by atoms with Crippen LogP contribution >= 0.6 is 0 Å². The lowest BCUT2D eigenvalue weighted by molar-refractivity contribution is 0.681. The third-order valence-corrected chi connectivity index (χ3v) is 8.24. The molecule has 4 aromatic carbocycles. The molecule has 0 fully saturated rings. The van der Waals surface area contributed by atoms with E-state index in [4.69, 9.17) is 0 Å². The molecule has 2 aliphatic carbocycles. The second-order valence-electron chi connectivity index (χ2n) is 10.3. The molecule has 0 amide bonds. The fourth-order valence-electron chi connectivity index (χ4n) is 6.55. The summed E-state index contributed by atoms with van der Waals surface area (Å²) in [4.78, 5) is 0. The van der Waals surface area contributed by atoms with Gasteiger partial charge >= 0.3 is 0 Å². The maximum Gasteiger partial charge on any atom is -0.0108 e. The quantitative estimate of drug-likeness (QED) is 0.297. The third kappa shape index (κ3) is 3.61. The molecule has 34 heavy (non-hydrogen) atoms. The van der Waals surface area contributed by atoms with Crippen molar-refractivity contribution in [3.8, 4) is 33.4 Å². The van der Waals surface area contributed by atoms with E-state index in [0.29, 0.717) is 0 Å². The molecule has 0 aliphatic heterocycles. The van der Waals surface area contributed by atoms with Crippen LogP contribution in [0.4, 0.5) is 0 Å². The monoisotopic (exact) mass is 442 g/mol. The van der Waals surface area contributed by atoms with E-state index in [9.17, 15) is 0 Å². The van der Waals surface area contributed by atoms with E-state index in [1.54, 1.807) is 33.4 Å². The molecule has 2 aliphatic rings. The van der Waals surface area contributed by atoms with E-state index in [-0.39, 0.29) is 0 Å². The molecule has 0 atom stereocenters. The van der Waals surface area contributed by atoms with Crippen molar-refractivity contribution < 1.29 is 0 Å². The van der Waals surface area contributed by atoms with E-state index < -0.39 is 0 Å². The summed E-state index contributed by atoms with van der Waals surface area (Å²) in [5.74, 6) is 0. The van der Waals surface area contributed by atoms with E-state index in [0.717, 1.165) is 0 Å². The minimum atomic E-state index is 1.21. The molecular weight excluding hydrogens is 408 g/mol. The summed E-state index contributed by atoms with van der Waals surface area (Å²) in [6, 6.07) is 27.1. The lowest BCUT2D eigenvalue weighted by Crippen LogP contribution is -2.12. The van der Waals surface area contributed by atoms with Crippen molar-refractivity contribution in [2.24, 2.45) is 0 Å². The Hall–Kier alpha value is -3.12. The first-order valence-electron chi connectivity index (χ1n) is 13.1. The lowest BCUT2D eigenvalue weighted by atomic mass is 9.74. The van der Waals surface area contributed by atoms with Gasteiger partial charge in [-0.15, -0.1) is 0 Å². The van der Waals surface area contributed by atoms with E-state index in [1.807, 2.05) is 0 Å². The molecule has 6 rings (SSSR count). The van der Waals surface area contributed by atoms with Gasteiger partial charge in [0.2, 0.25) is 0 Å². The Bertz CT molecular complexity index is 1240. The van der Waals surface area contributed by atoms with Crippen LogP contribution in [-0.4, -0.2) is 0 Å². The fourth-order valence-corrected chi connectivity index (χ4v) is 6.55. The van der Waals surface area contributed by atoms with Crippen molar-refractivity contribution in [1.29, 1.82) is 0 Å². The third-order valence-electron chi connectivity index (χ3n) is 8.24. The largest absolute Gasteiger partial charge is 0.0622 e. The van der Waals surface area contributed by atoms with Crippen molar-refractivity contribution >= 4 is 0 Å². The number of hydrogen-bond acceptors (Lipinski definition) is 0. The van der Waals surface area contributed by atoms with Gasteiger partial charge < -0.3 is 0 Å². The van der Waals surface area contributed by atoms with E-state index in [2.05, 4.69) is 86.6 Å². The van der Waals surface area contributed by atoms with Crippen LogP contribution in [-0.2, 0) is 25.7 Å². The molecule has 0 radical (unpaired) electrons. The summed E-state index contributed by atoms with van der Waals surface area (Å²) in [5, 5.41) is 0. The minimum absolute atomic E-state index is 1.21. The summed E-state index contributed by atoms with van der Waals surface area (Å²) in [7, 11) is 0. The first-order chi connectivity index (χ1) is 16.7. The topological polar surface area (TPSA) is 0 Å². The van der Waals surface area contributed by atoms with Crippen molar-refractivity contribution in [3.63, 3.8) is 0 Å². The van der Waals surface area contributed by atoms with Gasteiger partial charge in [-0.05, 0) is 132 Å². The molecule has 0 saturated carbocycles. The van der Waals surface area contributed by atoms with Crippen molar-refractivity contribution in [2.45, 2.75) is 65.2 Å². The average molecular weight is 443 g/mol. The molecule has 0 bridgehead atoms. The Morgan fingerprint density at radius 2 is 0.853 bits per heavy atom. The van der Waals surface area contributed by atoms with Crippen LogP contribution in [0.2, 0.25) is 0 Å². The maximum atomic E-state index is 2.52. The predicted molar refractivity (Wildman–Crippen MR) is 146 cm³/mol. The van der Waals surface area contributed by atoms with Crippen LogP contribution in [0.5, 0.6) is 0 Å². The number of fused-ring (bicyclic) bond motifs is 2. The summed E-state index contributed by atoms with van der Waals surface area (Å²) >= 11 is 0. The molecule has 4 aromatic rings. The predicted octanol–water partition coefficient (Wildman–Crippen LogP) is 9.06. The Morgan fingerprint density at radius 1 is 0.471 bits per heavy atom. The molecule has 0 spiro atoms. The van der Waals surface area contributed by atoms with Gasteiger partial charge in [0.05, 0.1) is 0 Å². The first-order valence-corrected chi connectivity index (χ1v) is 13.1. The highest BCUT2D eigenvalue weighted by atomic mass is 14.3. The molecule has 0 saturated heterocycles. The SMILES string of the molecule is Cc1c(-c2ccccc2)cc2c(c1-c1c(C)c(-c3ccccc3)cc3c1CCCC3)CCCC2. The highest BCUT2D eigenvalue weighted by molar-refractivity contribution is 5.89. The standard InChI is InChI=1S/C34H34/c1-23-31(25-13-5-3-6-14-25)21-27-17-9-11-19-29(27)33(23)34-24(2)32(26-15-7-4-8-16-26)22-28-18-10-12-20-30(28)34/h3-8,13-16,21-22H,9-12,17-20H2,1-2H3. The van der Waals surface area contributed by atoms with Crippen LogP contribution in [0.25, 0.3) is 33.4 Å². The van der Waals surface area contributed by atoms with Gasteiger partial charge in [-0.2, -0.15) is 0 Å². The molecule has 170 valence electrons.